The Morgan fingerprint density at radius 2 is 1.74 bits per heavy atom. The van der Waals surface area contributed by atoms with Crippen LogP contribution in [-0.2, 0) is 38.0 Å². The van der Waals surface area contributed by atoms with Crippen LogP contribution in [-0.4, -0.2) is 157 Å². The second-order valence-corrected chi connectivity index (χ2v) is 11.7. The summed E-state index contributed by atoms with van der Waals surface area (Å²) >= 11 is 0. The van der Waals surface area contributed by atoms with E-state index in [1.54, 1.807) is 0 Å². The molecule has 0 aliphatic carbocycles. The number of nitrogens with one attached hydrogen (secondary N) is 1. The van der Waals surface area contributed by atoms with Gasteiger partial charge in [-0.25, -0.2) is 4.79 Å². The maximum Gasteiger partial charge on any atom is 0.364 e. The molecule has 0 aromatic carbocycles. The lowest BCUT2D eigenvalue weighted by atomic mass is 9.88. The van der Waals surface area contributed by atoms with Crippen LogP contribution in [0.1, 0.15) is 46.0 Å². The molecule has 0 saturated carbocycles. The van der Waals surface area contributed by atoms with Gasteiger partial charge in [-0.2, -0.15) is 0 Å². The molecule has 1 amide bonds. The van der Waals surface area contributed by atoms with Crippen molar-refractivity contribution in [3.8, 4) is 0 Å². The largest absolute Gasteiger partial charge is 0.477 e. The number of aliphatic hydroxyl groups excluding tert-OH is 7. The monoisotopic (exact) mass is 625 g/mol. The molecule has 0 bridgehead atoms. The van der Waals surface area contributed by atoms with Crippen molar-refractivity contribution in [1.29, 1.82) is 0 Å². The molecule has 4 fully saturated rings. The Kier molecular flexibility index (Phi) is 11.0. The summed E-state index contributed by atoms with van der Waals surface area (Å²) in [5.74, 6) is -5.90. The van der Waals surface area contributed by atoms with Gasteiger partial charge >= 0.3 is 5.97 Å². The Bertz CT molecular complexity index is 963. The van der Waals surface area contributed by atoms with Gasteiger partial charge in [0.05, 0.1) is 50.3 Å². The SMILES string of the molecule is CC(=O)N[C@@H]1[C@@H](O)C[C@](OC2CCO[C@]3(CCC(O[C@@H]4O[C@@H](C)[C@@H](O)[C@@H](O)[C@@H]4O)CO3)C2)(C(=O)O)O[C@H]1C(O)[C@H](O)CO. The summed E-state index contributed by atoms with van der Waals surface area (Å²) in [7, 11) is 0. The zero-order valence-electron chi connectivity index (χ0n) is 23.9. The van der Waals surface area contributed by atoms with E-state index in [4.69, 9.17) is 28.4 Å². The minimum Gasteiger partial charge on any atom is -0.477 e. The highest BCUT2D eigenvalue weighted by atomic mass is 16.8. The first-order valence-electron chi connectivity index (χ1n) is 14.3. The molecule has 0 radical (unpaired) electrons. The average Bonchev–Trinajstić information content (AvgIpc) is 2.96. The third-order valence-electron chi connectivity index (χ3n) is 8.40. The van der Waals surface area contributed by atoms with Gasteiger partial charge in [0, 0.05) is 26.2 Å². The number of hydrogen-bond donors (Lipinski definition) is 9. The highest BCUT2D eigenvalue weighted by Gasteiger charge is 2.57. The summed E-state index contributed by atoms with van der Waals surface area (Å²) < 4.78 is 34.9. The molecule has 14 atom stereocenters. The molecule has 1 spiro atoms. The van der Waals surface area contributed by atoms with Crippen LogP contribution < -0.4 is 5.32 Å². The van der Waals surface area contributed by atoms with Crippen LogP contribution in [0.4, 0.5) is 0 Å². The van der Waals surface area contributed by atoms with Crippen molar-refractivity contribution in [1.82, 2.24) is 5.32 Å². The average molecular weight is 626 g/mol. The molecule has 0 aromatic heterocycles. The zero-order chi connectivity index (χ0) is 31.7. The number of ether oxygens (including phenoxy) is 6. The minimum atomic E-state index is -2.49. The fourth-order valence-corrected chi connectivity index (χ4v) is 5.98. The Morgan fingerprint density at radius 3 is 2.35 bits per heavy atom. The highest BCUT2D eigenvalue weighted by molar-refractivity contribution is 5.76. The fraction of sp³-hybridized carbons (Fsp3) is 0.923. The van der Waals surface area contributed by atoms with Gasteiger partial charge in [0.2, 0.25) is 5.91 Å². The number of hydrogen-bond acceptors (Lipinski definition) is 15. The predicted octanol–water partition coefficient (Wildman–Crippen LogP) is -3.95. The van der Waals surface area contributed by atoms with Crippen LogP contribution in [0.3, 0.4) is 0 Å². The van der Waals surface area contributed by atoms with E-state index in [-0.39, 0.29) is 32.5 Å². The Hall–Kier alpha value is -1.58. The molecule has 4 aliphatic rings. The summed E-state index contributed by atoms with van der Waals surface area (Å²) in [4.78, 5) is 24.3. The van der Waals surface area contributed by atoms with Crippen LogP contribution in [0, 0.1) is 0 Å². The topological polar surface area (TPSA) is 263 Å². The molecular weight excluding hydrogens is 582 g/mol. The smallest absolute Gasteiger partial charge is 0.364 e. The molecule has 4 aliphatic heterocycles. The first-order valence-corrected chi connectivity index (χ1v) is 14.3. The zero-order valence-corrected chi connectivity index (χ0v) is 23.9. The number of aliphatic hydroxyl groups is 7. The third-order valence-corrected chi connectivity index (χ3v) is 8.40. The van der Waals surface area contributed by atoms with Crippen molar-refractivity contribution >= 4 is 11.9 Å². The molecule has 248 valence electrons. The number of carboxylic acid groups (broad SMARTS) is 1. The van der Waals surface area contributed by atoms with E-state index in [0.717, 1.165) is 6.92 Å². The van der Waals surface area contributed by atoms with E-state index in [1.807, 2.05) is 0 Å². The first kappa shape index (κ1) is 34.3. The summed E-state index contributed by atoms with van der Waals surface area (Å²) in [5, 5.41) is 83.6. The minimum absolute atomic E-state index is 0.00265. The summed E-state index contributed by atoms with van der Waals surface area (Å²) in [5.41, 5.74) is 0. The molecule has 3 unspecified atom stereocenters. The standard InChI is InChI=1S/C26H43NO16/c1-11-18(32)20(34)21(35)23(40-11)41-14-3-5-25(39-10-14)7-13(4-6-38-25)42-26(24(36)37)8-15(30)17(27-12(2)29)22(43-26)19(33)16(31)9-28/h11,13-23,28,30-35H,3-10H2,1-2H3,(H,27,29)(H,36,37)/t11-,13?,14?,15-,16+,17+,18+,19?,20+,21-,22+,23-,25-,26+/m0/s1. The van der Waals surface area contributed by atoms with E-state index in [2.05, 4.69) is 5.32 Å². The summed E-state index contributed by atoms with van der Waals surface area (Å²) in [6.07, 6.45) is -14.2. The Labute approximate surface area is 247 Å². The number of carboxylic acids is 1. The van der Waals surface area contributed by atoms with Gasteiger partial charge in [-0.05, 0) is 19.8 Å². The number of rotatable bonds is 9. The van der Waals surface area contributed by atoms with Crippen LogP contribution in [0.15, 0.2) is 0 Å². The fourth-order valence-electron chi connectivity index (χ4n) is 5.98. The van der Waals surface area contributed by atoms with Gasteiger partial charge in [0.1, 0.15) is 36.6 Å². The molecule has 9 N–H and O–H groups in total. The number of aliphatic carboxylic acids is 1. The van der Waals surface area contributed by atoms with Crippen LogP contribution >= 0.6 is 0 Å². The van der Waals surface area contributed by atoms with E-state index >= 15 is 0 Å². The molecule has 17 heteroatoms. The van der Waals surface area contributed by atoms with Gasteiger partial charge < -0.3 is 74.6 Å². The second-order valence-electron chi connectivity index (χ2n) is 11.7. The Balaban J connectivity index is 1.42. The predicted molar refractivity (Wildman–Crippen MR) is 138 cm³/mol. The molecule has 4 rings (SSSR count). The summed E-state index contributed by atoms with van der Waals surface area (Å²) in [6, 6.07) is -1.32. The molecular formula is C26H43NO16. The van der Waals surface area contributed by atoms with Gasteiger partial charge in [-0.3, -0.25) is 4.79 Å². The lowest BCUT2D eigenvalue weighted by molar-refractivity contribution is -0.359. The molecule has 43 heavy (non-hydrogen) atoms. The van der Waals surface area contributed by atoms with Crippen LogP contribution in [0.2, 0.25) is 0 Å². The lowest BCUT2D eigenvalue weighted by Crippen LogP contribution is -2.68. The molecule has 0 aromatic rings. The number of carbonyl (C=O) groups excluding carboxylic acids is 1. The van der Waals surface area contributed by atoms with Crippen molar-refractivity contribution < 1.29 is 78.9 Å². The molecule has 4 saturated heterocycles. The lowest BCUT2D eigenvalue weighted by Gasteiger charge is -2.50. The number of carbonyl (C=O) groups is 2. The van der Waals surface area contributed by atoms with E-state index in [9.17, 15) is 50.4 Å². The maximum atomic E-state index is 12.5. The quantitative estimate of drug-likeness (QED) is 0.118. The van der Waals surface area contributed by atoms with Crippen LogP contribution in [0.25, 0.3) is 0 Å². The van der Waals surface area contributed by atoms with Gasteiger partial charge in [-0.1, -0.05) is 0 Å². The molecule has 4 heterocycles. The number of amides is 1. The van der Waals surface area contributed by atoms with Crippen molar-refractivity contribution in [2.75, 3.05) is 19.8 Å². The summed E-state index contributed by atoms with van der Waals surface area (Å²) in [6.45, 7) is 1.90. The van der Waals surface area contributed by atoms with E-state index < -0.39 is 110 Å². The van der Waals surface area contributed by atoms with Gasteiger partial charge in [-0.15, -0.1) is 0 Å². The van der Waals surface area contributed by atoms with Crippen molar-refractivity contribution in [2.24, 2.45) is 0 Å². The second kappa shape index (κ2) is 13.8. The van der Waals surface area contributed by atoms with Crippen molar-refractivity contribution in [3.05, 3.63) is 0 Å². The third kappa shape index (κ3) is 7.46. The van der Waals surface area contributed by atoms with Crippen molar-refractivity contribution in [3.63, 3.8) is 0 Å². The van der Waals surface area contributed by atoms with Gasteiger partial charge in [0.25, 0.3) is 5.79 Å². The van der Waals surface area contributed by atoms with Crippen molar-refractivity contribution in [2.45, 2.75) is 131 Å². The highest BCUT2D eigenvalue weighted by Crippen LogP contribution is 2.41. The van der Waals surface area contributed by atoms with E-state index in [0.29, 0.717) is 6.42 Å². The van der Waals surface area contributed by atoms with Crippen LogP contribution in [0.5, 0.6) is 0 Å². The normalized spacial score (nSPS) is 45.3. The van der Waals surface area contributed by atoms with Gasteiger partial charge in [0.15, 0.2) is 12.1 Å². The van der Waals surface area contributed by atoms with E-state index in [1.165, 1.54) is 6.92 Å². The maximum absolute atomic E-state index is 12.5. The first-order chi connectivity index (χ1) is 20.2. The molecule has 17 nitrogen and oxygen atoms in total. The Morgan fingerprint density at radius 1 is 1.02 bits per heavy atom.